The van der Waals surface area contributed by atoms with Crippen molar-refractivity contribution in [2.75, 3.05) is 6.54 Å². The monoisotopic (exact) mass is 273 g/mol. The molecule has 0 aliphatic carbocycles. The molecule has 0 spiro atoms. The molecule has 82 valence electrons. The summed E-state index contributed by atoms with van der Waals surface area (Å²) in [6.07, 6.45) is 3.21. The fourth-order valence-corrected chi connectivity index (χ4v) is 2.42. The van der Waals surface area contributed by atoms with E-state index in [1.165, 1.54) is 6.07 Å². The number of hydrogen-bond donors (Lipinski definition) is 2. The molecule has 2 nitrogen and oxygen atoms in total. The molecule has 2 N–H and O–H groups in total. The van der Waals surface area contributed by atoms with Crippen molar-refractivity contribution in [3.05, 3.63) is 28.0 Å². The number of hydrogen-bond acceptors (Lipinski definition) is 2. The average Bonchev–Trinajstić information content (AvgIpc) is 2.24. The Labute approximate surface area is 96.6 Å². The van der Waals surface area contributed by atoms with E-state index in [0.29, 0.717) is 10.0 Å². The Morgan fingerprint density at radius 1 is 1.40 bits per heavy atom. The van der Waals surface area contributed by atoms with Gasteiger partial charge in [0.2, 0.25) is 0 Å². The lowest BCUT2D eigenvalue weighted by Crippen LogP contribution is -2.26. The van der Waals surface area contributed by atoms with Gasteiger partial charge < -0.3 is 10.4 Å². The van der Waals surface area contributed by atoms with Crippen LogP contribution in [0.15, 0.2) is 16.6 Å². The number of nitrogens with one attached hydrogen (secondary N) is 1. The number of phenolic OH excluding ortho intramolecular Hbond substituents is 1. The highest BCUT2D eigenvalue weighted by molar-refractivity contribution is 9.10. The molecule has 0 aromatic heterocycles. The van der Waals surface area contributed by atoms with Gasteiger partial charge in [0, 0.05) is 16.1 Å². The largest absolute Gasteiger partial charge is 0.505 e. The molecule has 1 aliphatic rings. The standard InChI is InChI=1S/C11H13BrFNO/c12-7-5-8(11(15)9(13)6-7)10-3-1-2-4-14-10/h5-6,10,14-15H,1-4H2/t10-/m1/s1. The number of rotatable bonds is 1. The van der Waals surface area contributed by atoms with Crippen molar-refractivity contribution in [2.45, 2.75) is 25.3 Å². The summed E-state index contributed by atoms with van der Waals surface area (Å²) >= 11 is 3.23. The highest BCUT2D eigenvalue weighted by Gasteiger charge is 2.20. The molecule has 0 radical (unpaired) electrons. The van der Waals surface area contributed by atoms with E-state index in [1.54, 1.807) is 6.07 Å². The van der Waals surface area contributed by atoms with E-state index in [4.69, 9.17) is 0 Å². The molecule has 0 bridgehead atoms. The van der Waals surface area contributed by atoms with E-state index < -0.39 is 5.82 Å². The molecule has 1 aromatic carbocycles. The number of benzene rings is 1. The van der Waals surface area contributed by atoms with Gasteiger partial charge in [0.05, 0.1) is 0 Å². The summed E-state index contributed by atoms with van der Waals surface area (Å²) < 4.78 is 14.0. The lowest BCUT2D eigenvalue weighted by Gasteiger charge is -2.24. The van der Waals surface area contributed by atoms with E-state index >= 15 is 0 Å². The molecule has 15 heavy (non-hydrogen) atoms. The van der Waals surface area contributed by atoms with Crippen LogP contribution >= 0.6 is 15.9 Å². The Bertz CT molecular complexity index is 364. The van der Waals surface area contributed by atoms with E-state index in [9.17, 15) is 9.50 Å². The first-order valence-corrected chi connectivity index (χ1v) is 5.89. The maximum Gasteiger partial charge on any atom is 0.166 e. The van der Waals surface area contributed by atoms with Crippen molar-refractivity contribution in [1.29, 1.82) is 0 Å². The first kappa shape index (κ1) is 10.9. The number of phenols is 1. The molecular formula is C11H13BrFNO. The topological polar surface area (TPSA) is 32.3 Å². The second kappa shape index (κ2) is 4.49. The average molecular weight is 274 g/mol. The van der Waals surface area contributed by atoms with Gasteiger partial charge in [0.15, 0.2) is 11.6 Å². The third kappa shape index (κ3) is 2.32. The Morgan fingerprint density at radius 2 is 2.20 bits per heavy atom. The summed E-state index contributed by atoms with van der Waals surface area (Å²) in [5.41, 5.74) is 0.654. The second-order valence-electron chi connectivity index (χ2n) is 3.83. The van der Waals surface area contributed by atoms with Crippen LogP contribution in [0.1, 0.15) is 30.9 Å². The molecule has 1 atom stereocenters. The number of aromatic hydroxyl groups is 1. The van der Waals surface area contributed by atoms with Crippen molar-refractivity contribution in [3.63, 3.8) is 0 Å². The van der Waals surface area contributed by atoms with Gasteiger partial charge in [0.25, 0.3) is 0 Å². The molecule has 1 heterocycles. The molecule has 1 saturated heterocycles. The van der Waals surface area contributed by atoms with Gasteiger partial charge in [0.1, 0.15) is 0 Å². The third-order valence-electron chi connectivity index (χ3n) is 2.74. The first-order chi connectivity index (χ1) is 7.18. The Hall–Kier alpha value is -0.610. The van der Waals surface area contributed by atoms with Crippen LogP contribution < -0.4 is 5.32 Å². The lowest BCUT2D eigenvalue weighted by molar-refractivity contribution is 0.377. The molecule has 4 heteroatoms. The second-order valence-corrected chi connectivity index (χ2v) is 4.74. The summed E-state index contributed by atoms with van der Waals surface area (Å²) in [4.78, 5) is 0. The van der Waals surface area contributed by atoms with Crippen LogP contribution in [0.5, 0.6) is 5.75 Å². The van der Waals surface area contributed by atoms with Gasteiger partial charge in [-0.15, -0.1) is 0 Å². The van der Waals surface area contributed by atoms with Gasteiger partial charge >= 0.3 is 0 Å². The van der Waals surface area contributed by atoms with Crippen LogP contribution in [0.3, 0.4) is 0 Å². The smallest absolute Gasteiger partial charge is 0.166 e. The van der Waals surface area contributed by atoms with Crippen LogP contribution in [-0.2, 0) is 0 Å². The van der Waals surface area contributed by atoms with Crippen LogP contribution in [0.2, 0.25) is 0 Å². The van der Waals surface area contributed by atoms with Crippen LogP contribution in [-0.4, -0.2) is 11.7 Å². The molecule has 1 fully saturated rings. The zero-order valence-corrected chi connectivity index (χ0v) is 9.85. The predicted octanol–water partition coefficient (Wildman–Crippen LogP) is 3.11. The summed E-state index contributed by atoms with van der Waals surface area (Å²) in [5.74, 6) is -0.788. The van der Waals surface area contributed by atoms with Crippen molar-refractivity contribution in [3.8, 4) is 5.75 Å². The first-order valence-electron chi connectivity index (χ1n) is 5.10. The highest BCUT2D eigenvalue weighted by atomic mass is 79.9. The van der Waals surface area contributed by atoms with E-state index in [1.807, 2.05) is 0 Å². The summed E-state index contributed by atoms with van der Waals surface area (Å²) in [6, 6.07) is 3.13. The molecule has 0 amide bonds. The Balaban J connectivity index is 2.33. The quantitative estimate of drug-likeness (QED) is 0.824. The highest BCUT2D eigenvalue weighted by Crippen LogP contribution is 2.34. The third-order valence-corrected chi connectivity index (χ3v) is 3.20. The summed E-state index contributed by atoms with van der Waals surface area (Å²) in [6.45, 7) is 0.929. The minimum absolute atomic E-state index is 0.0748. The fourth-order valence-electron chi connectivity index (χ4n) is 1.97. The van der Waals surface area contributed by atoms with Gasteiger partial charge in [-0.25, -0.2) is 4.39 Å². The number of halogens is 2. The minimum atomic E-state index is -0.563. The van der Waals surface area contributed by atoms with Crippen molar-refractivity contribution in [1.82, 2.24) is 5.32 Å². The van der Waals surface area contributed by atoms with Crippen molar-refractivity contribution in [2.24, 2.45) is 0 Å². The number of piperidine rings is 1. The van der Waals surface area contributed by atoms with Crippen LogP contribution in [0, 0.1) is 5.82 Å². The maximum absolute atomic E-state index is 13.3. The SMILES string of the molecule is Oc1c(F)cc(Br)cc1[C@H]1CCCCN1. The van der Waals surface area contributed by atoms with Crippen molar-refractivity contribution < 1.29 is 9.50 Å². The lowest BCUT2D eigenvalue weighted by atomic mass is 9.97. The van der Waals surface area contributed by atoms with Crippen molar-refractivity contribution >= 4 is 15.9 Å². The normalized spacial score (nSPS) is 21.6. The Morgan fingerprint density at radius 3 is 2.87 bits per heavy atom. The molecule has 0 unspecified atom stereocenters. The summed E-state index contributed by atoms with van der Waals surface area (Å²) in [5, 5.41) is 12.9. The molecule has 1 aliphatic heterocycles. The summed E-state index contributed by atoms with van der Waals surface area (Å²) in [7, 11) is 0. The zero-order valence-electron chi connectivity index (χ0n) is 8.26. The van der Waals surface area contributed by atoms with Gasteiger partial charge in [-0.2, -0.15) is 0 Å². The van der Waals surface area contributed by atoms with Crippen LogP contribution in [0.25, 0.3) is 0 Å². The van der Waals surface area contributed by atoms with Crippen LogP contribution in [0.4, 0.5) is 4.39 Å². The maximum atomic E-state index is 13.3. The fraction of sp³-hybridized carbons (Fsp3) is 0.455. The Kier molecular flexibility index (Phi) is 3.26. The van der Waals surface area contributed by atoms with Gasteiger partial charge in [-0.3, -0.25) is 0 Å². The van der Waals surface area contributed by atoms with Gasteiger partial charge in [-0.05, 0) is 31.5 Å². The predicted molar refractivity (Wildman–Crippen MR) is 60.4 cm³/mol. The van der Waals surface area contributed by atoms with E-state index in [0.717, 1.165) is 25.8 Å². The van der Waals surface area contributed by atoms with Gasteiger partial charge in [-0.1, -0.05) is 22.4 Å². The molecular weight excluding hydrogens is 261 g/mol. The zero-order chi connectivity index (χ0) is 10.8. The van der Waals surface area contributed by atoms with E-state index in [2.05, 4.69) is 21.2 Å². The van der Waals surface area contributed by atoms with E-state index in [-0.39, 0.29) is 11.8 Å². The minimum Gasteiger partial charge on any atom is -0.505 e. The molecule has 1 aromatic rings. The molecule has 0 saturated carbocycles. The molecule has 2 rings (SSSR count).